The molecule has 7 nitrogen and oxygen atoms in total. The van der Waals surface area contributed by atoms with Gasteiger partial charge in [-0.1, -0.05) is 12.1 Å². The van der Waals surface area contributed by atoms with Crippen LogP contribution in [0.4, 0.5) is 11.4 Å². The Bertz CT molecular complexity index is 1090. The predicted octanol–water partition coefficient (Wildman–Crippen LogP) is 3.49. The second-order valence-electron chi connectivity index (χ2n) is 7.80. The molecule has 0 bridgehead atoms. The molecule has 30 heavy (non-hydrogen) atoms. The first-order valence-corrected chi connectivity index (χ1v) is 9.94. The number of ether oxygens (including phenoxy) is 1. The molecule has 1 aliphatic carbocycles. The highest BCUT2D eigenvalue weighted by atomic mass is 16.5. The molecule has 1 fully saturated rings. The number of benzene rings is 1. The summed E-state index contributed by atoms with van der Waals surface area (Å²) >= 11 is 0. The maximum Gasteiger partial charge on any atom is 0.340 e. The van der Waals surface area contributed by atoms with Crippen LogP contribution in [0.5, 0.6) is 0 Å². The minimum atomic E-state index is -0.540. The number of carbonyl (C=O) groups is 2. The highest BCUT2D eigenvalue weighted by molar-refractivity contribution is 6.04. The van der Waals surface area contributed by atoms with Crippen molar-refractivity contribution < 1.29 is 14.3 Å². The van der Waals surface area contributed by atoms with E-state index < -0.39 is 18.4 Å². The Labute approximate surface area is 175 Å². The maximum atomic E-state index is 12.8. The fourth-order valence-electron chi connectivity index (χ4n) is 4.22. The number of aromatic nitrogens is 1. The monoisotopic (exact) mass is 404 g/mol. The molecule has 0 unspecified atom stereocenters. The zero-order valence-corrected chi connectivity index (χ0v) is 17.6. The lowest BCUT2D eigenvalue weighted by atomic mass is 10.2. The molecule has 154 valence electrons. The van der Waals surface area contributed by atoms with E-state index in [0.717, 1.165) is 35.6 Å². The Kier molecular flexibility index (Phi) is 4.86. The third-order valence-electron chi connectivity index (χ3n) is 5.80. The van der Waals surface area contributed by atoms with E-state index in [1.54, 1.807) is 30.0 Å². The number of nitriles is 1. The molecule has 1 aromatic carbocycles. The van der Waals surface area contributed by atoms with Crippen molar-refractivity contribution in [1.29, 1.82) is 5.26 Å². The number of hydrogen-bond donors (Lipinski definition) is 0. The van der Waals surface area contributed by atoms with Gasteiger partial charge in [0.05, 0.1) is 16.9 Å². The van der Waals surface area contributed by atoms with E-state index >= 15 is 0 Å². The molecule has 2 aromatic rings. The third kappa shape index (κ3) is 3.14. The summed E-state index contributed by atoms with van der Waals surface area (Å²) in [6.45, 7) is 3.39. The normalized spacial score (nSPS) is 15.1. The molecule has 0 N–H and O–H groups in total. The average molecular weight is 404 g/mol. The lowest BCUT2D eigenvalue weighted by Crippen LogP contribution is -2.27. The number of esters is 1. The van der Waals surface area contributed by atoms with Crippen molar-refractivity contribution in [3.8, 4) is 6.07 Å². The molecule has 0 saturated heterocycles. The summed E-state index contributed by atoms with van der Waals surface area (Å²) in [4.78, 5) is 29.0. The fraction of sp³-hybridized carbons (Fsp3) is 0.348. The van der Waals surface area contributed by atoms with Crippen molar-refractivity contribution in [2.24, 2.45) is 0 Å². The van der Waals surface area contributed by atoms with E-state index in [1.807, 2.05) is 44.2 Å². The van der Waals surface area contributed by atoms with Crippen LogP contribution in [0.2, 0.25) is 0 Å². The summed E-state index contributed by atoms with van der Waals surface area (Å²) in [6.07, 6.45) is 2.23. The Hall–Kier alpha value is -3.53. The molecule has 2 aliphatic rings. The van der Waals surface area contributed by atoms with Gasteiger partial charge in [0.2, 0.25) is 5.78 Å². The van der Waals surface area contributed by atoms with Gasteiger partial charge in [0, 0.05) is 31.5 Å². The summed E-state index contributed by atoms with van der Waals surface area (Å²) in [5.41, 5.74) is 4.12. The van der Waals surface area contributed by atoms with E-state index in [-0.39, 0.29) is 5.57 Å². The van der Waals surface area contributed by atoms with E-state index in [9.17, 15) is 14.9 Å². The van der Waals surface area contributed by atoms with Crippen LogP contribution in [0.15, 0.2) is 41.7 Å². The molecule has 1 saturated carbocycles. The van der Waals surface area contributed by atoms with Crippen LogP contribution in [0.25, 0.3) is 0 Å². The van der Waals surface area contributed by atoms with Gasteiger partial charge in [-0.2, -0.15) is 5.26 Å². The number of ketones is 1. The van der Waals surface area contributed by atoms with Crippen molar-refractivity contribution >= 4 is 23.1 Å². The molecule has 1 aliphatic heterocycles. The quantitative estimate of drug-likeness (QED) is 0.431. The molecule has 0 radical (unpaired) electrons. The van der Waals surface area contributed by atoms with Crippen molar-refractivity contribution in [2.75, 3.05) is 30.5 Å². The van der Waals surface area contributed by atoms with Crippen molar-refractivity contribution in [3.05, 3.63) is 58.7 Å². The summed E-state index contributed by atoms with van der Waals surface area (Å²) < 4.78 is 7.46. The average Bonchev–Trinajstić information content (AvgIpc) is 3.48. The van der Waals surface area contributed by atoms with E-state index in [1.165, 1.54) is 0 Å². The zero-order chi connectivity index (χ0) is 21.6. The molecule has 1 aromatic heterocycles. The van der Waals surface area contributed by atoms with Crippen LogP contribution >= 0.6 is 0 Å². The second kappa shape index (κ2) is 7.38. The summed E-state index contributed by atoms with van der Waals surface area (Å²) in [6, 6.07) is 11.9. The molecule has 0 spiro atoms. The number of Topliss-reactive ketones (excluding diaryl/α,β-unsaturated/α-hetero) is 1. The zero-order valence-electron chi connectivity index (χ0n) is 17.6. The molecule has 2 heterocycles. The van der Waals surface area contributed by atoms with E-state index in [2.05, 4.69) is 4.57 Å². The molecule has 7 heteroatoms. The third-order valence-corrected chi connectivity index (χ3v) is 5.80. The Morgan fingerprint density at radius 2 is 1.73 bits per heavy atom. The predicted molar refractivity (Wildman–Crippen MR) is 113 cm³/mol. The topological polar surface area (TPSA) is 78.6 Å². The van der Waals surface area contributed by atoms with Gasteiger partial charge in [-0.15, -0.1) is 0 Å². The lowest BCUT2D eigenvalue weighted by molar-refractivity contribution is -0.118. The van der Waals surface area contributed by atoms with Crippen LogP contribution in [0.1, 0.15) is 40.6 Å². The van der Waals surface area contributed by atoms with Gasteiger partial charge in [0.1, 0.15) is 17.5 Å². The largest absolute Gasteiger partial charge is 0.454 e. The van der Waals surface area contributed by atoms with Gasteiger partial charge in [0.15, 0.2) is 6.61 Å². The maximum absolute atomic E-state index is 12.8. The SMILES string of the molecule is Cc1cc(C(=O)OCC(=O)C(C#N)=C2N(C)c3ccccc3N2C)c(C)n1C1CC1. The van der Waals surface area contributed by atoms with Gasteiger partial charge in [-0.25, -0.2) is 4.79 Å². The number of anilines is 2. The van der Waals surface area contributed by atoms with Crippen LogP contribution in [-0.2, 0) is 9.53 Å². The standard InChI is InChI=1S/C23H24N4O3/c1-14-11-17(15(2)27(14)16-9-10-16)23(29)30-13-21(28)18(12-24)22-25(3)19-7-5-6-8-20(19)26(22)4/h5-8,11,16H,9-10,13H2,1-4H3. The first-order valence-electron chi connectivity index (χ1n) is 9.94. The van der Waals surface area contributed by atoms with Gasteiger partial charge in [-0.05, 0) is 44.9 Å². The van der Waals surface area contributed by atoms with Crippen LogP contribution in [-0.4, -0.2) is 37.0 Å². The Balaban J connectivity index is 1.53. The highest BCUT2D eigenvalue weighted by Crippen LogP contribution is 2.40. The minimum absolute atomic E-state index is 0.0348. The molecule has 0 atom stereocenters. The van der Waals surface area contributed by atoms with Crippen LogP contribution < -0.4 is 9.80 Å². The summed E-state index contributed by atoms with van der Waals surface area (Å²) in [5, 5.41) is 9.68. The van der Waals surface area contributed by atoms with Crippen LogP contribution in [0.3, 0.4) is 0 Å². The molecule has 0 amide bonds. The van der Waals surface area contributed by atoms with Gasteiger partial charge in [0.25, 0.3) is 0 Å². The number of rotatable bonds is 5. The molecular weight excluding hydrogens is 380 g/mol. The van der Waals surface area contributed by atoms with Gasteiger partial charge in [-0.3, -0.25) is 4.79 Å². The lowest BCUT2D eigenvalue weighted by Gasteiger charge is -2.19. The second-order valence-corrected chi connectivity index (χ2v) is 7.80. The fourth-order valence-corrected chi connectivity index (χ4v) is 4.22. The number of fused-ring (bicyclic) bond motifs is 1. The molecular formula is C23H24N4O3. The van der Waals surface area contributed by atoms with Crippen molar-refractivity contribution in [1.82, 2.24) is 4.57 Å². The Morgan fingerprint density at radius 1 is 1.13 bits per heavy atom. The Morgan fingerprint density at radius 3 is 2.27 bits per heavy atom. The number of aryl methyl sites for hydroxylation is 1. The smallest absolute Gasteiger partial charge is 0.340 e. The summed E-state index contributed by atoms with van der Waals surface area (Å²) in [7, 11) is 3.61. The van der Waals surface area contributed by atoms with E-state index in [4.69, 9.17) is 4.74 Å². The first-order chi connectivity index (χ1) is 14.3. The number of carbonyl (C=O) groups excluding carboxylic acids is 2. The number of hydrogen-bond acceptors (Lipinski definition) is 6. The van der Waals surface area contributed by atoms with Gasteiger partial charge >= 0.3 is 5.97 Å². The number of nitrogens with zero attached hydrogens (tertiary/aromatic N) is 4. The van der Waals surface area contributed by atoms with Crippen molar-refractivity contribution in [2.45, 2.75) is 32.7 Å². The minimum Gasteiger partial charge on any atom is -0.454 e. The highest BCUT2D eigenvalue weighted by Gasteiger charge is 2.32. The van der Waals surface area contributed by atoms with Crippen LogP contribution in [0, 0.1) is 25.2 Å². The van der Waals surface area contributed by atoms with E-state index in [0.29, 0.717) is 17.4 Å². The van der Waals surface area contributed by atoms with Gasteiger partial charge < -0.3 is 19.1 Å². The first kappa shape index (κ1) is 19.8. The number of para-hydroxylation sites is 2. The van der Waals surface area contributed by atoms with Crippen molar-refractivity contribution in [3.63, 3.8) is 0 Å². The summed E-state index contributed by atoms with van der Waals surface area (Å²) in [5.74, 6) is -0.586. The molecule has 4 rings (SSSR count).